The fourth-order valence-corrected chi connectivity index (χ4v) is 2.89. The Labute approximate surface area is 155 Å². The summed E-state index contributed by atoms with van der Waals surface area (Å²) in [5.41, 5.74) is 7.36. The first-order valence-electron chi connectivity index (χ1n) is 7.98. The molecule has 1 aromatic carbocycles. The van der Waals surface area contributed by atoms with Crippen molar-refractivity contribution in [1.82, 2.24) is 19.9 Å². The SMILES string of the molecule is Cc1c(C(=O)N2CCCC(N)C2)nnn1-c1ccc(OC(F)F)cc1.Cl. The van der Waals surface area contributed by atoms with Gasteiger partial charge in [0.2, 0.25) is 0 Å². The van der Waals surface area contributed by atoms with E-state index in [0.29, 0.717) is 24.5 Å². The standard InChI is InChI=1S/C16H19F2N5O2.ClH/c1-10-14(15(24)22-8-2-3-11(19)9-22)20-21-23(10)12-4-6-13(7-5-12)25-16(17)18;/h4-7,11,16H,2-3,8-9,19H2,1H3;1H. The number of rotatable bonds is 4. The zero-order valence-electron chi connectivity index (χ0n) is 14.1. The van der Waals surface area contributed by atoms with E-state index < -0.39 is 6.61 Å². The quantitative estimate of drug-likeness (QED) is 0.868. The molecule has 142 valence electrons. The molecule has 1 unspecified atom stereocenters. The van der Waals surface area contributed by atoms with Crippen LogP contribution < -0.4 is 10.5 Å². The van der Waals surface area contributed by atoms with Gasteiger partial charge in [-0.1, -0.05) is 5.21 Å². The van der Waals surface area contributed by atoms with E-state index in [4.69, 9.17) is 5.73 Å². The molecule has 1 atom stereocenters. The molecule has 0 aliphatic carbocycles. The van der Waals surface area contributed by atoms with Gasteiger partial charge in [0.1, 0.15) is 5.75 Å². The van der Waals surface area contributed by atoms with Crippen molar-refractivity contribution in [2.24, 2.45) is 5.73 Å². The predicted octanol–water partition coefficient (Wildman–Crippen LogP) is 2.16. The summed E-state index contributed by atoms with van der Waals surface area (Å²) in [6.07, 6.45) is 1.77. The zero-order chi connectivity index (χ0) is 18.0. The summed E-state index contributed by atoms with van der Waals surface area (Å²) in [6.45, 7) is 0.0170. The van der Waals surface area contributed by atoms with Crippen molar-refractivity contribution in [3.05, 3.63) is 35.7 Å². The number of benzene rings is 1. The van der Waals surface area contributed by atoms with E-state index in [1.54, 1.807) is 24.0 Å². The van der Waals surface area contributed by atoms with Crippen molar-refractivity contribution in [2.45, 2.75) is 32.4 Å². The van der Waals surface area contributed by atoms with E-state index in [1.165, 1.54) is 16.8 Å². The van der Waals surface area contributed by atoms with Gasteiger partial charge in [-0.25, -0.2) is 4.68 Å². The molecule has 7 nitrogen and oxygen atoms in total. The number of alkyl halides is 2. The highest BCUT2D eigenvalue weighted by Crippen LogP contribution is 2.20. The minimum Gasteiger partial charge on any atom is -0.435 e. The van der Waals surface area contributed by atoms with Crippen LogP contribution in [0.15, 0.2) is 24.3 Å². The number of carbonyl (C=O) groups is 1. The molecule has 0 radical (unpaired) electrons. The molecular weight excluding hydrogens is 368 g/mol. The monoisotopic (exact) mass is 387 g/mol. The van der Waals surface area contributed by atoms with Gasteiger partial charge in [0, 0.05) is 19.1 Å². The number of nitrogens with two attached hydrogens (primary N) is 1. The van der Waals surface area contributed by atoms with Crippen LogP contribution in [0.5, 0.6) is 5.75 Å². The van der Waals surface area contributed by atoms with Crippen LogP contribution in [0.1, 0.15) is 29.0 Å². The normalized spacial score (nSPS) is 17.1. The third kappa shape index (κ3) is 4.28. The molecule has 1 amide bonds. The minimum absolute atomic E-state index is 0. The van der Waals surface area contributed by atoms with Gasteiger partial charge in [-0.3, -0.25) is 4.79 Å². The summed E-state index contributed by atoms with van der Waals surface area (Å²) in [7, 11) is 0. The minimum atomic E-state index is -2.88. The number of hydrogen-bond acceptors (Lipinski definition) is 5. The number of hydrogen-bond donors (Lipinski definition) is 1. The van der Waals surface area contributed by atoms with Gasteiger partial charge in [0.25, 0.3) is 5.91 Å². The van der Waals surface area contributed by atoms with Crippen LogP contribution in [0.4, 0.5) is 8.78 Å². The van der Waals surface area contributed by atoms with Gasteiger partial charge < -0.3 is 15.4 Å². The summed E-state index contributed by atoms with van der Waals surface area (Å²) in [5, 5.41) is 8.00. The fourth-order valence-electron chi connectivity index (χ4n) is 2.89. The smallest absolute Gasteiger partial charge is 0.387 e. The van der Waals surface area contributed by atoms with Crippen molar-refractivity contribution in [3.8, 4) is 11.4 Å². The maximum absolute atomic E-state index is 12.6. The largest absolute Gasteiger partial charge is 0.435 e. The van der Waals surface area contributed by atoms with Gasteiger partial charge in [-0.2, -0.15) is 8.78 Å². The Hall–Kier alpha value is -2.26. The van der Waals surface area contributed by atoms with Crippen molar-refractivity contribution >= 4 is 18.3 Å². The molecule has 1 aliphatic rings. The molecule has 0 bridgehead atoms. The Morgan fingerprint density at radius 2 is 2.04 bits per heavy atom. The number of ether oxygens (including phenoxy) is 1. The van der Waals surface area contributed by atoms with Crippen molar-refractivity contribution in [1.29, 1.82) is 0 Å². The average molecular weight is 388 g/mol. The Bertz CT molecular complexity index is 754. The molecule has 1 aromatic heterocycles. The second-order valence-corrected chi connectivity index (χ2v) is 5.96. The van der Waals surface area contributed by atoms with E-state index in [0.717, 1.165) is 12.8 Å². The predicted molar refractivity (Wildman–Crippen MR) is 93.1 cm³/mol. The van der Waals surface area contributed by atoms with Crippen LogP contribution in [0.3, 0.4) is 0 Å². The average Bonchev–Trinajstić information content (AvgIpc) is 2.96. The molecule has 1 aliphatic heterocycles. The van der Waals surface area contributed by atoms with Gasteiger partial charge >= 0.3 is 6.61 Å². The highest BCUT2D eigenvalue weighted by molar-refractivity contribution is 5.93. The lowest BCUT2D eigenvalue weighted by molar-refractivity contribution is -0.0498. The Kier molecular flexibility index (Phi) is 6.49. The van der Waals surface area contributed by atoms with Crippen molar-refractivity contribution < 1.29 is 18.3 Å². The summed E-state index contributed by atoms with van der Waals surface area (Å²) in [5.74, 6) is -0.147. The number of amides is 1. The lowest BCUT2D eigenvalue weighted by Crippen LogP contribution is -2.46. The van der Waals surface area contributed by atoms with Crippen LogP contribution >= 0.6 is 12.4 Å². The number of halogens is 3. The number of nitrogens with zero attached hydrogens (tertiary/aromatic N) is 4. The summed E-state index contributed by atoms with van der Waals surface area (Å²) >= 11 is 0. The maximum atomic E-state index is 12.6. The third-order valence-corrected chi connectivity index (χ3v) is 4.15. The lowest BCUT2D eigenvalue weighted by atomic mass is 10.1. The topological polar surface area (TPSA) is 86.3 Å². The molecular formula is C16H20ClF2N5O2. The van der Waals surface area contributed by atoms with Crippen LogP contribution in [0.25, 0.3) is 5.69 Å². The molecule has 10 heteroatoms. The van der Waals surface area contributed by atoms with Crippen molar-refractivity contribution in [2.75, 3.05) is 13.1 Å². The first kappa shape index (κ1) is 20.1. The van der Waals surface area contributed by atoms with Gasteiger partial charge in [0.05, 0.1) is 11.4 Å². The van der Waals surface area contributed by atoms with E-state index in [1.807, 2.05) is 0 Å². The highest BCUT2D eigenvalue weighted by Gasteiger charge is 2.26. The maximum Gasteiger partial charge on any atom is 0.387 e. The molecule has 2 heterocycles. The van der Waals surface area contributed by atoms with Gasteiger partial charge in [-0.05, 0) is 44.0 Å². The zero-order valence-corrected chi connectivity index (χ0v) is 15.0. The Morgan fingerprint density at radius 1 is 1.35 bits per heavy atom. The Balaban J connectivity index is 0.00000243. The van der Waals surface area contributed by atoms with Crippen LogP contribution in [-0.2, 0) is 0 Å². The van der Waals surface area contributed by atoms with Gasteiger partial charge in [-0.15, -0.1) is 17.5 Å². The van der Waals surface area contributed by atoms with E-state index in [2.05, 4.69) is 15.0 Å². The number of carbonyl (C=O) groups excluding carboxylic acids is 1. The first-order valence-corrected chi connectivity index (χ1v) is 7.98. The molecule has 26 heavy (non-hydrogen) atoms. The molecule has 2 N–H and O–H groups in total. The Morgan fingerprint density at radius 3 is 2.65 bits per heavy atom. The summed E-state index contributed by atoms with van der Waals surface area (Å²) in [6, 6.07) is 5.95. The van der Waals surface area contributed by atoms with Crippen LogP contribution in [0.2, 0.25) is 0 Å². The highest BCUT2D eigenvalue weighted by atomic mass is 35.5. The van der Waals surface area contributed by atoms with E-state index in [-0.39, 0.29) is 35.8 Å². The molecule has 0 spiro atoms. The third-order valence-electron chi connectivity index (χ3n) is 4.15. The van der Waals surface area contributed by atoms with Crippen molar-refractivity contribution in [3.63, 3.8) is 0 Å². The molecule has 0 saturated carbocycles. The first-order chi connectivity index (χ1) is 12.0. The fraction of sp³-hybridized carbons (Fsp3) is 0.438. The number of piperidine rings is 1. The second kappa shape index (κ2) is 8.41. The van der Waals surface area contributed by atoms with Crippen LogP contribution in [-0.4, -0.2) is 51.5 Å². The summed E-state index contributed by atoms with van der Waals surface area (Å²) in [4.78, 5) is 14.3. The summed E-state index contributed by atoms with van der Waals surface area (Å²) < 4.78 is 30.2. The van der Waals surface area contributed by atoms with Gasteiger partial charge in [0.15, 0.2) is 5.69 Å². The second-order valence-electron chi connectivity index (χ2n) is 5.96. The lowest BCUT2D eigenvalue weighted by Gasteiger charge is -2.30. The molecule has 3 rings (SSSR count). The van der Waals surface area contributed by atoms with E-state index >= 15 is 0 Å². The molecule has 1 fully saturated rings. The van der Waals surface area contributed by atoms with Crippen LogP contribution in [0, 0.1) is 6.92 Å². The molecule has 2 aromatic rings. The number of aromatic nitrogens is 3. The molecule has 1 saturated heterocycles. The van der Waals surface area contributed by atoms with E-state index in [9.17, 15) is 13.6 Å². The number of likely N-dealkylation sites (tertiary alicyclic amines) is 1.